The lowest BCUT2D eigenvalue weighted by Crippen LogP contribution is -2.12. The summed E-state index contributed by atoms with van der Waals surface area (Å²) in [5, 5.41) is 11.5. The predicted molar refractivity (Wildman–Crippen MR) is 77.8 cm³/mol. The molecule has 4 rings (SSSR count). The molecule has 0 bridgehead atoms. The van der Waals surface area contributed by atoms with Gasteiger partial charge < -0.3 is 5.11 Å². The first-order valence-electron chi connectivity index (χ1n) is 5.98. The molecule has 2 heterocycles. The lowest BCUT2D eigenvalue weighted by Gasteiger charge is -2.00. The molecule has 0 saturated heterocycles. The summed E-state index contributed by atoms with van der Waals surface area (Å²) in [6.07, 6.45) is 0.419. The maximum absolute atomic E-state index is 11.1. The summed E-state index contributed by atoms with van der Waals surface area (Å²) in [6, 6.07) is 12.2. The molecule has 2 aromatic carbocycles. The van der Waals surface area contributed by atoms with Crippen LogP contribution < -0.4 is 0 Å². The van der Waals surface area contributed by atoms with Crippen molar-refractivity contribution in [1.29, 1.82) is 0 Å². The molecule has 0 radical (unpaired) electrons. The minimum absolute atomic E-state index is 0.234. The standard InChI is InChI=1S/C15H9NO2S/c17-15(18)11-7-9-10(16-11)5-6-13-14(9)8-3-1-2-4-12(8)19-13/h1-6H,7H2,(H,17,18). The van der Waals surface area contributed by atoms with Gasteiger partial charge in [-0.05, 0) is 23.8 Å². The van der Waals surface area contributed by atoms with Gasteiger partial charge in [0, 0.05) is 26.6 Å². The van der Waals surface area contributed by atoms with Gasteiger partial charge in [0.05, 0.1) is 5.69 Å². The highest BCUT2D eigenvalue weighted by atomic mass is 32.1. The third-order valence-electron chi connectivity index (χ3n) is 3.47. The van der Waals surface area contributed by atoms with Gasteiger partial charge in [0.25, 0.3) is 0 Å². The van der Waals surface area contributed by atoms with E-state index in [2.05, 4.69) is 17.1 Å². The summed E-state index contributed by atoms with van der Waals surface area (Å²) < 4.78 is 2.43. The number of carbonyl (C=O) groups is 1. The van der Waals surface area contributed by atoms with E-state index < -0.39 is 5.97 Å². The molecule has 0 fully saturated rings. The van der Waals surface area contributed by atoms with E-state index in [1.165, 1.54) is 14.8 Å². The largest absolute Gasteiger partial charge is 0.477 e. The molecule has 4 heteroatoms. The van der Waals surface area contributed by atoms with Gasteiger partial charge in [0.2, 0.25) is 0 Å². The van der Waals surface area contributed by atoms with E-state index in [0.29, 0.717) is 6.42 Å². The van der Waals surface area contributed by atoms with Crippen LogP contribution in [-0.2, 0) is 11.2 Å². The zero-order valence-electron chi connectivity index (χ0n) is 9.88. The Kier molecular flexibility index (Phi) is 2.05. The molecule has 0 saturated carbocycles. The summed E-state index contributed by atoms with van der Waals surface area (Å²) in [6.45, 7) is 0. The van der Waals surface area contributed by atoms with Gasteiger partial charge in [-0.2, -0.15) is 0 Å². The number of hydrogen-bond acceptors (Lipinski definition) is 3. The summed E-state index contributed by atoms with van der Waals surface area (Å²) in [5.74, 6) is -0.927. The maximum atomic E-state index is 11.1. The maximum Gasteiger partial charge on any atom is 0.350 e. The second-order valence-corrected chi connectivity index (χ2v) is 5.66. The summed E-state index contributed by atoms with van der Waals surface area (Å²) in [4.78, 5) is 15.3. The molecule has 1 N–H and O–H groups in total. The van der Waals surface area contributed by atoms with E-state index in [4.69, 9.17) is 5.11 Å². The highest BCUT2D eigenvalue weighted by Crippen LogP contribution is 2.41. The number of carboxylic acid groups (broad SMARTS) is 1. The van der Waals surface area contributed by atoms with E-state index in [-0.39, 0.29) is 5.71 Å². The second kappa shape index (κ2) is 3.65. The molecule has 3 nitrogen and oxygen atoms in total. The van der Waals surface area contributed by atoms with Crippen molar-refractivity contribution in [3.63, 3.8) is 0 Å². The van der Waals surface area contributed by atoms with E-state index in [9.17, 15) is 4.79 Å². The quantitative estimate of drug-likeness (QED) is 0.729. The van der Waals surface area contributed by atoms with Crippen LogP contribution in [0.25, 0.3) is 20.2 Å². The third kappa shape index (κ3) is 1.43. The molecule has 1 aromatic heterocycles. The van der Waals surface area contributed by atoms with Crippen LogP contribution in [-0.4, -0.2) is 16.8 Å². The minimum Gasteiger partial charge on any atom is -0.477 e. The van der Waals surface area contributed by atoms with Gasteiger partial charge in [0.1, 0.15) is 5.71 Å². The number of aliphatic carboxylic acids is 1. The lowest BCUT2D eigenvalue weighted by atomic mass is 10.0. The van der Waals surface area contributed by atoms with Crippen molar-refractivity contribution < 1.29 is 9.90 Å². The van der Waals surface area contributed by atoms with Crippen LogP contribution in [0.1, 0.15) is 5.56 Å². The number of rotatable bonds is 1. The molecule has 0 amide bonds. The Morgan fingerprint density at radius 1 is 1.16 bits per heavy atom. The first-order chi connectivity index (χ1) is 9.24. The molecule has 0 atom stereocenters. The number of thiophene rings is 1. The highest BCUT2D eigenvalue weighted by molar-refractivity contribution is 7.25. The fourth-order valence-electron chi connectivity index (χ4n) is 2.64. The number of hydrogen-bond donors (Lipinski definition) is 1. The van der Waals surface area contributed by atoms with Crippen molar-refractivity contribution in [2.75, 3.05) is 0 Å². The monoisotopic (exact) mass is 267 g/mol. The van der Waals surface area contributed by atoms with Gasteiger partial charge in [-0.15, -0.1) is 11.3 Å². The van der Waals surface area contributed by atoms with Crippen LogP contribution in [0.15, 0.2) is 41.4 Å². The molecule has 3 aromatic rings. The Balaban J connectivity index is 2.07. The Bertz CT molecular complexity index is 876. The smallest absolute Gasteiger partial charge is 0.350 e. The molecule has 19 heavy (non-hydrogen) atoms. The molecule has 1 aliphatic heterocycles. The van der Waals surface area contributed by atoms with Crippen LogP contribution in [0.5, 0.6) is 0 Å². The van der Waals surface area contributed by atoms with Crippen LogP contribution in [0.2, 0.25) is 0 Å². The fraction of sp³-hybridized carbons (Fsp3) is 0.0667. The highest BCUT2D eigenvalue weighted by Gasteiger charge is 2.23. The summed E-state index contributed by atoms with van der Waals surface area (Å²) in [7, 11) is 0. The predicted octanol–water partition coefficient (Wildman–Crippen LogP) is 3.77. The van der Waals surface area contributed by atoms with Crippen molar-refractivity contribution in [2.45, 2.75) is 6.42 Å². The fourth-order valence-corrected chi connectivity index (χ4v) is 3.77. The first-order valence-corrected chi connectivity index (χ1v) is 6.79. The molecule has 0 spiro atoms. The Morgan fingerprint density at radius 3 is 2.84 bits per heavy atom. The molecule has 92 valence electrons. The average molecular weight is 267 g/mol. The number of nitrogens with zero attached hydrogens (tertiary/aromatic N) is 1. The number of carboxylic acids is 1. The van der Waals surface area contributed by atoms with E-state index >= 15 is 0 Å². The summed E-state index contributed by atoms with van der Waals surface area (Å²) in [5.41, 5.74) is 2.08. The van der Waals surface area contributed by atoms with E-state index in [1.54, 1.807) is 11.3 Å². The minimum atomic E-state index is -0.927. The van der Waals surface area contributed by atoms with Gasteiger partial charge >= 0.3 is 5.97 Å². The van der Waals surface area contributed by atoms with Crippen molar-refractivity contribution in [2.24, 2.45) is 4.99 Å². The molecular weight excluding hydrogens is 258 g/mol. The average Bonchev–Trinajstić information content (AvgIpc) is 2.98. The Hall–Kier alpha value is -2.20. The Morgan fingerprint density at radius 2 is 2.00 bits per heavy atom. The molecule has 1 aliphatic rings. The SMILES string of the molecule is O=C(O)C1=Nc2ccc3sc4ccccc4c3c2C1. The van der Waals surface area contributed by atoms with Crippen LogP contribution in [0, 0.1) is 0 Å². The number of benzene rings is 2. The van der Waals surface area contributed by atoms with Gasteiger partial charge in [-0.3, -0.25) is 0 Å². The van der Waals surface area contributed by atoms with E-state index in [1.807, 2.05) is 24.3 Å². The second-order valence-electron chi connectivity index (χ2n) is 4.58. The topological polar surface area (TPSA) is 49.7 Å². The zero-order chi connectivity index (χ0) is 13.0. The number of aliphatic imine (C=N–C) groups is 1. The van der Waals surface area contributed by atoms with Gasteiger partial charge in [0.15, 0.2) is 0 Å². The number of fused-ring (bicyclic) bond motifs is 5. The first kappa shape index (κ1) is 10.7. The third-order valence-corrected chi connectivity index (χ3v) is 4.61. The molecule has 0 unspecified atom stereocenters. The molecule has 0 aliphatic carbocycles. The normalized spacial score (nSPS) is 13.8. The zero-order valence-corrected chi connectivity index (χ0v) is 10.7. The summed E-state index contributed by atoms with van der Waals surface area (Å²) >= 11 is 1.74. The van der Waals surface area contributed by atoms with Crippen molar-refractivity contribution >= 4 is 48.9 Å². The van der Waals surface area contributed by atoms with Crippen molar-refractivity contribution in [3.05, 3.63) is 42.0 Å². The Labute approximate surface area is 112 Å². The van der Waals surface area contributed by atoms with Crippen LogP contribution >= 0.6 is 11.3 Å². The van der Waals surface area contributed by atoms with Crippen molar-refractivity contribution in [3.8, 4) is 0 Å². The van der Waals surface area contributed by atoms with Crippen LogP contribution in [0.4, 0.5) is 5.69 Å². The van der Waals surface area contributed by atoms with Crippen LogP contribution in [0.3, 0.4) is 0 Å². The van der Waals surface area contributed by atoms with Crippen molar-refractivity contribution in [1.82, 2.24) is 0 Å². The molecular formula is C15H9NO2S. The van der Waals surface area contributed by atoms with Gasteiger partial charge in [-0.25, -0.2) is 9.79 Å². The van der Waals surface area contributed by atoms with Gasteiger partial charge in [-0.1, -0.05) is 18.2 Å². The van der Waals surface area contributed by atoms with E-state index in [0.717, 1.165) is 16.6 Å². The lowest BCUT2D eigenvalue weighted by molar-refractivity contribution is -0.129.